The van der Waals surface area contributed by atoms with Gasteiger partial charge in [-0.25, -0.2) is 0 Å². The predicted molar refractivity (Wildman–Crippen MR) is 60.4 cm³/mol. The molecule has 0 amide bonds. The number of rotatable bonds is 4. The van der Waals surface area contributed by atoms with E-state index in [1.807, 2.05) is 0 Å². The fourth-order valence-electron chi connectivity index (χ4n) is 2.54. The van der Waals surface area contributed by atoms with Crippen LogP contribution in [0.2, 0.25) is 0 Å². The topological polar surface area (TPSA) is 3.24 Å². The standard InChI is InChI=1S/C11H21NS/c1-2-10-4-3-7-12(10)8-11(9-13)5-6-11/h10,13H,2-9H2,1H3. The Morgan fingerprint density at radius 3 is 2.77 bits per heavy atom. The molecule has 1 aliphatic carbocycles. The van der Waals surface area contributed by atoms with Crippen LogP contribution in [0.25, 0.3) is 0 Å². The number of thiol groups is 1. The molecule has 2 aliphatic rings. The number of nitrogens with zero attached hydrogens (tertiary/aromatic N) is 1. The summed E-state index contributed by atoms with van der Waals surface area (Å²) in [6.45, 7) is 4.99. The molecule has 0 aromatic heterocycles. The van der Waals surface area contributed by atoms with Crippen molar-refractivity contribution in [2.24, 2.45) is 5.41 Å². The molecule has 1 unspecified atom stereocenters. The molecule has 1 saturated heterocycles. The Bertz CT molecular complexity index is 177. The van der Waals surface area contributed by atoms with Crippen molar-refractivity contribution in [3.63, 3.8) is 0 Å². The van der Waals surface area contributed by atoms with E-state index in [1.165, 1.54) is 45.2 Å². The van der Waals surface area contributed by atoms with Crippen LogP contribution >= 0.6 is 12.6 Å². The first-order valence-corrected chi connectivity index (χ1v) is 6.28. The molecule has 2 rings (SSSR count). The Hall–Kier alpha value is 0.310. The molecule has 0 radical (unpaired) electrons. The third kappa shape index (κ3) is 2.04. The molecular weight excluding hydrogens is 178 g/mol. The van der Waals surface area contributed by atoms with E-state index in [9.17, 15) is 0 Å². The molecule has 1 atom stereocenters. The molecule has 76 valence electrons. The zero-order valence-corrected chi connectivity index (χ0v) is 9.52. The minimum absolute atomic E-state index is 0.626. The van der Waals surface area contributed by atoms with Gasteiger partial charge in [0.25, 0.3) is 0 Å². The molecule has 2 heteroatoms. The highest BCUT2D eigenvalue weighted by Crippen LogP contribution is 2.48. The molecule has 1 heterocycles. The van der Waals surface area contributed by atoms with Crippen LogP contribution in [-0.2, 0) is 0 Å². The number of likely N-dealkylation sites (tertiary alicyclic amines) is 1. The van der Waals surface area contributed by atoms with Gasteiger partial charge in [-0.2, -0.15) is 12.6 Å². The summed E-state index contributed by atoms with van der Waals surface area (Å²) >= 11 is 4.47. The van der Waals surface area contributed by atoms with Gasteiger partial charge in [-0.15, -0.1) is 0 Å². The Balaban J connectivity index is 1.86. The van der Waals surface area contributed by atoms with E-state index in [1.54, 1.807) is 0 Å². The van der Waals surface area contributed by atoms with Crippen molar-refractivity contribution in [3.8, 4) is 0 Å². The minimum Gasteiger partial charge on any atom is -0.300 e. The molecular formula is C11H21NS. The summed E-state index contributed by atoms with van der Waals surface area (Å²) in [7, 11) is 0. The minimum atomic E-state index is 0.626. The van der Waals surface area contributed by atoms with E-state index in [-0.39, 0.29) is 0 Å². The van der Waals surface area contributed by atoms with Crippen LogP contribution < -0.4 is 0 Å². The second kappa shape index (κ2) is 3.82. The molecule has 0 spiro atoms. The second-order valence-corrected chi connectivity index (χ2v) is 5.15. The second-order valence-electron chi connectivity index (χ2n) is 4.83. The van der Waals surface area contributed by atoms with Crippen LogP contribution in [0.3, 0.4) is 0 Å². The smallest absolute Gasteiger partial charge is 0.00933 e. The molecule has 1 saturated carbocycles. The van der Waals surface area contributed by atoms with Crippen molar-refractivity contribution in [2.75, 3.05) is 18.8 Å². The van der Waals surface area contributed by atoms with Crippen LogP contribution in [0.5, 0.6) is 0 Å². The highest BCUT2D eigenvalue weighted by atomic mass is 32.1. The van der Waals surface area contributed by atoms with Crippen LogP contribution in [0, 0.1) is 5.41 Å². The monoisotopic (exact) mass is 199 g/mol. The van der Waals surface area contributed by atoms with Gasteiger partial charge in [-0.1, -0.05) is 6.92 Å². The van der Waals surface area contributed by atoms with Crippen LogP contribution in [0.15, 0.2) is 0 Å². The van der Waals surface area contributed by atoms with Gasteiger partial charge in [-0.05, 0) is 49.8 Å². The lowest BCUT2D eigenvalue weighted by atomic mass is 10.1. The highest BCUT2D eigenvalue weighted by molar-refractivity contribution is 7.80. The first kappa shape index (κ1) is 9.85. The van der Waals surface area contributed by atoms with Gasteiger partial charge in [0, 0.05) is 12.6 Å². The average molecular weight is 199 g/mol. The summed E-state index contributed by atoms with van der Waals surface area (Å²) in [6.07, 6.45) is 7.02. The molecule has 0 N–H and O–H groups in total. The van der Waals surface area contributed by atoms with Crippen molar-refractivity contribution in [1.82, 2.24) is 4.90 Å². The normalized spacial score (nSPS) is 32.3. The average Bonchev–Trinajstić information content (AvgIpc) is 2.78. The summed E-state index contributed by atoms with van der Waals surface area (Å²) < 4.78 is 0. The van der Waals surface area contributed by atoms with Gasteiger partial charge in [0.1, 0.15) is 0 Å². The third-order valence-corrected chi connectivity index (χ3v) is 4.47. The van der Waals surface area contributed by atoms with Crippen LogP contribution in [-0.4, -0.2) is 29.8 Å². The lowest BCUT2D eigenvalue weighted by molar-refractivity contribution is 0.209. The summed E-state index contributed by atoms with van der Waals surface area (Å²) in [5.41, 5.74) is 0.626. The molecule has 0 aromatic rings. The van der Waals surface area contributed by atoms with Gasteiger partial charge >= 0.3 is 0 Å². The molecule has 1 nitrogen and oxygen atoms in total. The number of hydrogen-bond donors (Lipinski definition) is 1. The summed E-state index contributed by atoms with van der Waals surface area (Å²) in [5.74, 6) is 1.10. The van der Waals surface area contributed by atoms with Crippen LogP contribution in [0.1, 0.15) is 39.0 Å². The maximum Gasteiger partial charge on any atom is 0.00933 e. The van der Waals surface area contributed by atoms with Gasteiger partial charge in [0.15, 0.2) is 0 Å². The first-order valence-electron chi connectivity index (χ1n) is 5.64. The molecule has 0 bridgehead atoms. The Morgan fingerprint density at radius 1 is 1.46 bits per heavy atom. The summed E-state index contributed by atoms with van der Waals surface area (Å²) in [6, 6.07) is 0.886. The molecule has 0 aromatic carbocycles. The predicted octanol–water partition coefficient (Wildman–Crippen LogP) is 2.57. The zero-order valence-electron chi connectivity index (χ0n) is 8.63. The van der Waals surface area contributed by atoms with Crippen LogP contribution in [0.4, 0.5) is 0 Å². The van der Waals surface area contributed by atoms with Crippen molar-refractivity contribution in [1.29, 1.82) is 0 Å². The van der Waals surface area contributed by atoms with E-state index in [2.05, 4.69) is 24.5 Å². The van der Waals surface area contributed by atoms with Crippen molar-refractivity contribution in [2.45, 2.75) is 45.1 Å². The largest absolute Gasteiger partial charge is 0.300 e. The first-order chi connectivity index (χ1) is 6.29. The Labute approximate surface area is 87.3 Å². The van der Waals surface area contributed by atoms with Crippen molar-refractivity contribution < 1.29 is 0 Å². The molecule has 13 heavy (non-hydrogen) atoms. The maximum absolute atomic E-state index is 4.47. The molecule has 1 aliphatic heterocycles. The fourth-order valence-corrected chi connectivity index (χ4v) is 2.96. The number of hydrogen-bond acceptors (Lipinski definition) is 2. The van der Waals surface area contributed by atoms with E-state index in [0.717, 1.165) is 11.8 Å². The Kier molecular flexibility index (Phi) is 2.89. The molecule has 2 fully saturated rings. The van der Waals surface area contributed by atoms with E-state index in [0.29, 0.717) is 5.41 Å². The van der Waals surface area contributed by atoms with Gasteiger partial charge in [-0.3, -0.25) is 4.90 Å². The van der Waals surface area contributed by atoms with Gasteiger partial charge in [0.2, 0.25) is 0 Å². The highest BCUT2D eigenvalue weighted by Gasteiger charge is 2.43. The third-order valence-electron chi connectivity index (χ3n) is 3.80. The quantitative estimate of drug-likeness (QED) is 0.681. The van der Waals surface area contributed by atoms with Crippen molar-refractivity contribution in [3.05, 3.63) is 0 Å². The summed E-state index contributed by atoms with van der Waals surface area (Å²) in [5, 5.41) is 0. The SMILES string of the molecule is CCC1CCCN1CC1(CS)CC1. The lowest BCUT2D eigenvalue weighted by Gasteiger charge is -2.27. The zero-order chi connectivity index (χ0) is 9.31. The fraction of sp³-hybridized carbons (Fsp3) is 1.00. The van der Waals surface area contributed by atoms with E-state index in [4.69, 9.17) is 0 Å². The Morgan fingerprint density at radius 2 is 2.23 bits per heavy atom. The van der Waals surface area contributed by atoms with Gasteiger partial charge in [0.05, 0.1) is 0 Å². The lowest BCUT2D eigenvalue weighted by Crippen LogP contribution is -2.35. The van der Waals surface area contributed by atoms with Gasteiger partial charge < -0.3 is 0 Å². The maximum atomic E-state index is 4.47. The van der Waals surface area contributed by atoms with E-state index >= 15 is 0 Å². The van der Waals surface area contributed by atoms with Crippen molar-refractivity contribution >= 4 is 12.6 Å². The summed E-state index contributed by atoms with van der Waals surface area (Å²) in [4.78, 5) is 2.71. The van der Waals surface area contributed by atoms with E-state index < -0.39 is 0 Å².